The molecule has 1 saturated heterocycles. The largest absolute Gasteiger partial charge is 0.338 e. The van der Waals surface area contributed by atoms with Gasteiger partial charge in [0, 0.05) is 41.8 Å². The highest BCUT2D eigenvalue weighted by Gasteiger charge is 2.24. The zero-order valence-corrected chi connectivity index (χ0v) is 16.2. The van der Waals surface area contributed by atoms with Gasteiger partial charge >= 0.3 is 0 Å². The van der Waals surface area contributed by atoms with Gasteiger partial charge in [-0.2, -0.15) is 0 Å². The number of amides is 2. The van der Waals surface area contributed by atoms with Gasteiger partial charge in [-0.05, 0) is 60.7 Å². The fourth-order valence-electron chi connectivity index (χ4n) is 3.78. The molecule has 0 spiro atoms. The van der Waals surface area contributed by atoms with E-state index in [0.717, 1.165) is 48.1 Å². The number of carbonyl (C=O) groups excluding carboxylic acids is 2. The normalized spacial score (nSPS) is 16.7. The minimum Gasteiger partial charge on any atom is -0.338 e. The topological polar surface area (TPSA) is 40.6 Å². The second kappa shape index (κ2) is 7.23. The number of rotatable bonds is 3. The fourth-order valence-corrected chi connectivity index (χ4v) is 4.19. The molecule has 26 heavy (non-hydrogen) atoms. The predicted octanol–water partition coefficient (Wildman–Crippen LogP) is 4.16. The van der Waals surface area contributed by atoms with E-state index in [1.165, 1.54) is 5.56 Å². The zero-order valence-electron chi connectivity index (χ0n) is 14.6. The Hall–Kier alpha value is -2.14. The summed E-state index contributed by atoms with van der Waals surface area (Å²) in [5.74, 6) is 0.262. The molecule has 4 nitrogen and oxygen atoms in total. The van der Waals surface area contributed by atoms with Crippen molar-refractivity contribution in [2.45, 2.75) is 32.2 Å². The Morgan fingerprint density at radius 3 is 2.50 bits per heavy atom. The predicted molar refractivity (Wildman–Crippen MR) is 105 cm³/mol. The Morgan fingerprint density at radius 1 is 1.00 bits per heavy atom. The lowest BCUT2D eigenvalue weighted by Crippen LogP contribution is -2.35. The summed E-state index contributed by atoms with van der Waals surface area (Å²) >= 11 is 3.51. The molecule has 2 aliphatic heterocycles. The molecule has 2 aliphatic rings. The van der Waals surface area contributed by atoms with E-state index < -0.39 is 0 Å². The van der Waals surface area contributed by atoms with Gasteiger partial charge in [0.05, 0.1) is 0 Å². The van der Waals surface area contributed by atoms with Crippen LogP contribution in [0.5, 0.6) is 0 Å². The Kier molecular flexibility index (Phi) is 4.81. The van der Waals surface area contributed by atoms with E-state index >= 15 is 0 Å². The summed E-state index contributed by atoms with van der Waals surface area (Å²) in [6, 6.07) is 13.8. The van der Waals surface area contributed by atoms with Gasteiger partial charge in [0.1, 0.15) is 0 Å². The van der Waals surface area contributed by atoms with Crippen LogP contribution < -0.4 is 4.90 Å². The van der Waals surface area contributed by atoms with Gasteiger partial charge in [-0.3, -0.25) is 9.59 Å². The van der Waals surface area contributed by atoms with Crippen LogP contribution in [0, 0.1) is 0 Å². The second-order valence-electron chi connectivity index (χ2n) is 6.95. The summed E-state index contributed by atoms with van der Waals surface area (Å²) in [7, 11) is 0. The summed E-state index contributed by atoms with van der Waals surface area (Å²) in [6.07, 6.45) is 3.58. The first-order valence-electron chi connectivity index (χ1n) is 9.09. The number of benzene rings is 2. The Bertz CT molecular complexity index is 848. The zero-order chi connectivity index (χ0) is 18.1. The van der Waals surface area contributed by atoms with Gasteiger partial charge in [0.2, 0.25) is 5.91 Å². The number of anilines is 1. The van der Waals surface area contributed by atoms with Crippen molar-refractivity contribution in [1.29, 1.82) is 0 Å². The van der Waals surface area contributed by atoms with E-state index in [1.807, 2.05) is 46.2 Å². The molecule has 0 radical (unpaired) electrons. The van der Waals surface area contributed by atoms with E-state index in [9.17, 15) is 9.59 Å². The monoisotopic (exact) mass is 412 g/mol. The lowest BCUT2D eigenvalue weighted by molar-refractivity contribution is -0.128. The standard InChI is InChI=1S/C21H21BrN2O2/c22-18-9-10-19-17(13-18)3-1-12-24(19)21(26)16-7-5-15(6-8-16)14-23-11-2-4-20(23)25/h5-10,13H,1-4,11-12,14H2. The van der Waals surface area contributed by atoms with Gasteiger partial charge in [-0.1, -0.05) is 28.1 Å². The first kappa shape index (κ1) is 17.3. The number of carbonyl (C=O) groups is 2. The highest BCUT2D eigenvalue weighted by Crippen LogP contribution is 2.31. The first-order valence-corrected chi connectivity index (χ1v) is 9.88. The van der Waals surface area contributed by atoms with E-state index in [2.05, 4.69) is 22.0 Å². The summed E-state index contributed by atoms with van der Waals surface area (Å²) < 4.78 is 1.05. The molecule has 5 heteroatoms. The molecule has 4 rings (SSSR count). The number of hydrogen-bond donors (Lipinski definition) is 0. The molecule has 2 aromatic carbocycles. The molecule has 2 heterocycles. The molecular formula is C21H21BrN2O2. The third kappa shape index (κ3) is 3.40. The van der Waals surface area contributed by atoms with Crippen LogP contribution >= 0.6 is 15.9 Å². The quantitative estimate of drug-likeness (QED) is 0.758. The summed E-state index contributed by atoms with van der Waals surface area (Å²) in [5, 5.41) is 0. The van der Waals surface area contributed by atoms with E-state index in [-0.39, 0.29) is 11.8 Å². The van der Waals surface area contributed by atoms with Gasteiger partial charge in [-0.15, -0.1) is 0 Å². The third-order valence-corrected chi connectivity index (χ3v) is 5.64. The van der Waals surface area contributed by atoms with E-state index in [4.69, 9.17) is 0 Å². The first-order chi connectivity index (χ1) is 12.6. The maximum Gasteiger partial charge on any atom is 0.258 e. The van der Waals surface area contributed by atoms with Gasteiger partial charge < -0.3 is 9.80 Å². The van der Waals surface area contributed by atoms with Gasteiger partial charge in [0.25, 0.3) is 5.91 Å². The number of halogens is 1. The molecule has 0 aromatic heterocycles. The third-order valence-electron chi connectivity index (χ3n) is 5.15. The van der Waals surface area contributed by atoms with Crippen molar-refractivity contribution >= 4 is 33.4 Å². The van der Waals surface area contributed by atoms with Crippen LogP contribution in [0.15, 0.2) is 46.9 Å². The van der Waals surface area contributed by atoms with Crippen LogP contribution in [0.1, 0.15) is 40.7 Å². The van der Waals surface area contributed by atoms with Crippen LogP contribution in [-0.2, 0) is 17.8 Å². The Morgan fingerprint density at radius 2 is 1.77 bits per heavy atom. The maximum atomic E-state index is 13.0. The van der Waals surface area contributed by atoms with Gasteiger partial charge in [-0.25, -0.2) is 0 Å². The number of fused-ring (bicyclic) bond motifs is 1. The fraction of sp³-hybridized carbons (Fsp3) is 0.333. The molecule has 2 aromatic rings. The van der Waals surface area contributed by atoms with Crippen LogP contribution in [0.3, 0.4) is 0 Å². The van der Waals surface area contributed by atoms with Crippen LogP contribution in [0.25, 0.3) is 0 Å². The van der Waals surface area contributed by atoms with Crippen LogP contribution in [0.2, 0.25) is 0 Å². The number of aryl methyl sites for hydroxylation is 1. The molecule has 0 bridgehead atoms. The molecule has 0 aliphatic carbocycles. The number of nitrogens with zero attached hydrogens (tertiary/aromatic N) is 2. The molecule has 0 saturated carbocycles. The summed E-state index contributed by atoms with van der Waals surface area (Å²) in [6.45, 7) is 2.21. The van der Waals surface area contributed by atoms with E-state index in [1.54, 1.807) is 0 Å². The van der Waals surface area contributed by atoms with Crippen molar-refractivity contribution in [3.05, 3.63) is 63.6 Å². The molecule has 0 N–H and O–H groups in total. The second-order valence-corrected chi connectivity index (χ2v) is 7.86. The highest BCUT2D eigenvalue weighted by molar-refractivity contribution is 9.10. The molecule has 134 valence electrons. The highest BCUT2D eigenvalue weighted by atomic mass is 79.9. The average molecular weight is 413 g/mol. The van der Waals surface area contributed by atoms with Crippen LogP contribution in [0.4, 0.5) is 5.69 Å². The summed E-state index contributed by atoms with van der Waals surface area (Å²) in [4.78, 5) is 28.5. The molecule has 2 amide bonds. The molecular weight excluding hydrogens is 392 g/mol. The van der Waals surface area contributed by atoms with Crippen molar-refractivity contribution in [2.75, 3.05) is 18.0 Å². The van der Waals surface area contributed by atoms with Crippen LogP contribution in [-0.4, -0.2) is 29.8 Å². The molecule has 0 atom stereocenters. The molecule has 1 fully saturated rings. The van der Waals surface area contributed by atoms with Crippen molar-refractivity contribution in [3.8, 4) is 0 Å². The lowest BCUT2D eigenvalue weighted by Gasteiger charge is -2.29. The Labute approximate surface area is 161 Å². The van der Waals surface area contributed by atoms with Crippen molar-refractivity contribution in [2.24, 2.45) is 0 Å². The maximum absolute atomic E-state index is 13.0. The smallest absolute Gasteiger partial charge is 0.258 e. The van der Waals surface area contributed by atoms with Crippen molar-refractivity contribution in [3.63, 3.8) is 0 Å². The van der Waals surface area contributed by atoms with E-state index in [0.29, 0.717) is 18.5 Å². The molecule has 0 unspecified atom stereocenters. The minimum atomic E-state index is 0.0390. The Balaban J connectivity index is 1.51. The number of likely N-dealkylation sites (tertiary alicyclic amines) is 1. The lowest BCUT2D eigenvalue weighted by atomic mass is 10.0. The SMILES string of the molecule is O=C1CCCN1Cc1ccc(C(=O)N2CCCc3cc(Br)ccc32)cc1. The minimum absolute atomic E-state index is 0.0390. The van der Waals surface area contributed by atoms with Crippen molar-refractivity contribution < 1.29 is 9.59 Å². The van der Waals surface area contributed by atoms with Gasteiger partial charge in [0.15, 0.2) is 0 Å². The summed E-state index contributed by atoms with van der Waals surface area (Å²) in [5.41, 5.74) is 3.98. The average Bonchev–Trinajstić information content (AvgIpc) is 3.05. The number of hydrogen-bond acceptors (Lipinski definition) is 2. The van der Waals surface area contributed by atoms with Crippen molar-refractivity contribution in [1.82, 2.24) is 4.90 Å².